The molecule has 1 aromatic heterocycles. The molecule has 29 heavy (non-hydrogen) atoms. The molecular weight excluding hydrogens is 384 g/mol. The number of carbonyl (C=O) groups is 1. The Morgan fingerprint density at radius 2 is 1.69 bits per heavy atom. The summed E-state index contributed by atoms with van der Waals surface area (Å²) in [5.74, 6) is 1.14. The molecule has 3 aromatic rings. The van der Waals surface area contributed by atoms with Gasteiger partial charge in [0, 0.05) is 17.8 Å². The molecule has 0 saturated carbocycles. The Bertz CT molecular complexity index is 961. The molecule has 1 heterocycles. The van der Waals surface area contributed by atoms with Gasteiger partial charge in [-0.1, -0.05) is 43.8 Å². The number of aromatic hydroxyl groups is 1. The summed E-state index contributed by atoms with van der Waals surface area (Å²) in [4.78, 5) is 12.6. The Morgan fingerprint density at radius 1 is 1.03 bits per heavy atom. The van der Waals surface area contributed by atoms with Crippen LogP contribution >= 0.6 is 11.8 Å². The number of phenolic OH excluding ortho intramolecular Hbond substituents is 1. The maximum atomic E-state index is 12.6. The number of hydrogen-bond acceptors (Lipinski definition) is 5. The molecule has 0 aliphatic carbocycles. The number of benzene rings is 2. The van der Waals surface area contributed by atoms with Gasteiger partial charge in [-0.2, -0.15) is 0 Å². The Labute approximate surface area is 175 Å². The Morgan fingerprint density at radius 3 is 2.28 bits per heavy atom. The second-order valence-electron chi connectivity index (χ2n) is 6.59. The fourth-order valence-electron chi connectivity index (χ4n) is 3.21. The van der Waals surface area contributed by atoms with E-state index in [2.05, 4.69) is 41.5 Å². The standard InChI is InChI=1S/C22H26N4O2S/c1-4-15-8-7-9-16(5-2)20(15)23-19(28)14-29-22-25-24-21(26(22)6-3)17-10-12-18(27)13-11-17/h7-13,27H,4-6,14H2,1-3H3,(H,23,28). The van der Waals surface area contributed by atoms with Crippen LogP contribution in [0.4, 0.5) is 5.69 Å². The number of amides is 1. The van der Waals surface area contributed by atoms with E-state index in [0.717, 1.165) is 41.0 Å². The van der Waals surface area contributed by atoms with Gasteiger partial charge in [-0.15, -0.1) is 10.2 Å². The van der Waals surface area contributed by atoms with Gasteiger partial charge in [0.2, 0.25) is 5.91 Å². The summed E-state index contributed by atoms with van der Waals surface area (Å²) in [5.41, 5.74) is 4.10. The van der Waals surface area contributed by atoms with Gasteiger partial charge in [-0.3, -0.25) is 4.79 Å². The van der Waals surface area contributed by atoms with Crippen molar-refractivity contribution in [2.24, 2.45) is 0 Å². The monoisotopic (exact) mass is 410 g/mol. The average molecular weight is 411 g/mol. The maximum Gasteiger partial charge on any atom is 0.234 e. The van der Waals surface area contributed by atoms with E-state index in [0.29, 0.717) is 11.7 Å². The van der Waals surface area contributed by atoms with Crippen molar-refractivity contribution in [2.75, 3.05) is 11.1 Å². The molecule has 152 valence electrons. The molecule has 2 N–H and O–H groups in total. The second kappa shape index (κ2) is 9.60. The molecule has 0 spiro atoms. The number of carbonyl (C=O) groups excluding carboxylic acids is 1. The van der Waals surface area contributed by atoms with Crippen LogP contribution < -0.4 is 5.32 Å². The second-order valence-corrected chi connectivity index (χ2v) is 7.54. The van der Waals surface area contributed by atoms with Crippen LogP contribution in [0.25, 0.3) is 11.4 Å². The highest BCUT2D eigenvalue weighted by atomic mass is 32.2. The number of anilines is 1. The number of phenols is 1. The van der Waals surface area contributed by atoms with Crippen molar-refractivity contribution in [1.29, 1.82) is 0 Å². The average Bonchev–Trinajstić information content (AvgIpc) is 3.15. The molecule has 0 atom stereocenters. The molecule has 1 amide bonds. The molecule has 7 heteroatoms. The van der Waals surface area contributed by atoms with E-state index >= 15 is 0 Å². The van der Waals surface area contributed by atoms with E-state index in [4.69, 9.17) is 0 Å². The predicted molar refractivity (Wildman–Crippen MR) is 117 cm³/mol. The highest BCUT2D eigenvalue weighted by molar-refractivity contribution is 7.99. The van der Waals surface area contributed by atoms with E-state index in [1.165, 1.54) is 11.8 Å². The number of nitrogens with one attached hydrogen (secondary N) is 1. The van der Waals surface area contributed by atoms with E-state index in [1.807, 2.05) is 17.6 Å². The summed E-state index contributed by atoms with van der Waals surface area (Å²) >= 11 is 1.37. The van der Waals surface area contributed by atoms with E-state index in [1.54, 1.807) is 24.3 Å². The van der Waals surface area contributed by atoms with Crippen LogP contribution in [0.5, 0.6) is 5.75 Å². The Balaban J connectivity index is 1.72. The molecule has 6 nitrogen and oxygen atoms in total. The fraction of sp³-hybridized carbons (Fsp3) is 0.318. The minimum atomic E-state index is -0.0533. The highest BCUT2D eigenvalue weighted by Gasteiger charge is 2.16. The van der Waals surface area contributed by atoms with Crippen molar-refractivity contribution in [3.63, 3.8) is 0 Å². The summed E-state index contributed by atoms with van der Waals surface area (Å²) in [5, 5.41) is 21.8. The molecule has 0 fully saturated rings. The van der Waals surface area contributed by atoms with E-state index < -0.39 is 0 Å². The van der Waals surface area contributed by atoms with Crippen LogP contribution in [-0.2, 0) is 24.2 Å². The zero-order valence-electron chi connectivity index (χ0n) is 17.0. The first-order valence-electron chi connectivity index (χ1n) is 9.83. The topological polar surface area (TPSA) is 80.0 Å². The van der Waals surface area contributed by atoms with Crippen molar-refractivity contribution in [1.82, 2.24) is 14.8 Å². The predicted octanol–water partition coefficient (Wildman–Crippen LogP) is 4.53. The van der Waals surface area contributed by atoms with Gasteiger partial charge in [0.1, 0.15) is 5.75 Å². The largest absolute Gasteiger partial charge is 0.508 e. The van der Waals surface area contributed by atoms with Crippen molar-refractivity contribution < 1.29 is 9.90 Å². The number of nitrogens with zero attached hydrogens (tertiary/aromatic N) is 3. The van der Waals surface area contributed by atoms with Crippen molar-refractivity contribution in [2.45, 2.75) is 45.3 Å². The van der Waals surface area contributed by atoms with Gasteiger partial charge >= 0.3 is 0 Å². The summed E-state index contributed by atoms with van der Waals surface area (Å²) < 4.78 is 1.97. The fourth-order valence-corrected chi connectivity index (χ4v) is 4.02. The lowest BCUT2D eigenvalue weighted by Gasteiger charge is -2.14. The van der Waals surface area contributed by atoms with Gasteiger partial charge in [0.15, 0.2) is 11.0 Å². The number of rotatable bonds is 8. The third kappa shape index (κ3) is 4.79. The quantitative estimate of drug-likeness (QED) is 0.534. The molecule has 3 rings (SSSR count). The lowest BCUT2D eigenvalue weighted by molar-refractivity contribution is -0.113. The van der Waals surface area contributed by atoms with Gasteiger partial charge in [-0.05, 0) is 55.2 Å². The first-order chi connectivity index (χ1) is 14.1. The normalized spacial score (nSPS) is 10.9. The lowest BCUT2D eigenvalue weighted by atomic mass is 10.0. The summed E-state index contributed by atoms with van der Waals surface area (Å²) in [7, 11) is 0. The summed E-state index contributed by atoms with van der Waals surface area (Å²) in [6.45, 7) is 6.88. The van der Waals surface area contributed by atoms with Gasteiger partial charge < -0.3 is 15.0 Å². The number of hydrogen-bond donors (Lipinski definition) is 2. The third-order valence-corrected chi connectivity index (χ3v) is 5.72. The number of para-hydroxylation sites is 1. The van der Waals surface area contributed by atoms with Crippen LogP contribution in [0, 0.1) is 0 Å². The molecule has 0 aliphatic rings. The van der Waals surface area contributed by atoms with Crippen molar-refractivity contribution in [3.8, 4) is 17.1 Å². The minimum Gasteiger partial charge on any atom is -0.508 e. The number of thioether (sulfide) groups is 1. The highest BCUT2D eigenvalue weighted by Crippen LogP contribution is 2.26. The molecule has 2 aromatic carbocycles. The zero-order chi connectivity index (χ0) is 20.8. The number of aromatic nitrogens is 3. The SMILES string of the molecule is CCc1cccc(CC)c1NC(=O)CSc1nnc(-c2ccc(O)cc2)n1CC. The molecular formula is C22H26N4O2S. The van der Waals surface area contributed by atoms with Crippen LogP contribution in [0.15, 0.2) is 47.6 Å². The molecule has 0 radical (unpaired) electrons. The first kappa shape index (κ1) is 20.9. The Hall–Kier alpha value is -2.80. The Kier molecular flexibility index (Phi) is 6.93. The van der Waals surface area contributed by atoms with Crippen LogP contribution in [0.1, 0.15) is 31.9 Å². The van der Waals surface area contributed by atoms with E-state index in [-0.39, 0.29) is 17.4 Å². The van der Waals surface area contributed by atoms with Gasteiger partial charge in [-0.25, -0.2) is 0 Å². The smallest absolute Gasteiger partial charge is 0.234 e. The van der Waals surface area contributed by atoms with Crippen LogP contribution in [-0.4, -0.2) is 31.5 Å². The maximum absolute atomic E-state index is 12.6. The molecule has 0 bridgehead atoms. The van der Waals surface area contributed by atoms with Gasteiger partial charge in [0.25, 0.3) is 0 Å². The lowest BCUT2D eigenvalue weighted by Crippen LogP contribution is -2.17. The van der Waals surface area contributed by atoms with Crippen LogP contribution in [0.2, 0.25) is 0 Å². The summed E-state index contributed by atoms with van der Waals surface area (Å²) in [6, 6.07) is 13.0. The van der Waals surface area contributed by atoms with Crippen molar-refractivity contribution in [3.05, 3.63) is 53.6 Å². The van der Waals surface area contributed by atoms with E-state index in [9.17, 15) is 9.90 Å². The van der Waals surface area contributed by atoms with Crippen LogP contribution in [0.3, 0.4) is 0 Å². The molecule has 0 aliphatic heterocycles. The zero-order valence-corrected chi connectivity index (χ0v) is 17.8. The summed E-state index contributed by atoms with van der Waals surface area (Å²) in [6.07, 6.45) is 1.74. The molecule has 0 saturated heterocycles. The minimum absolute atomic E-state index is 0.0533. The van der Waals surface area contributed by atoms with Gasteiger partial charge in [0.05, 0.1) is 5.75 Å². The molecule has 0 unspecified atom stereocenters. The third-order valence-electron chi connectivity index (χ3n) is 4.75. The van der Waals surface area contributed by atoms with Crippen molar-refractivity contribution >= 4 is 23.4 Å². The first-order valence-corrected chi connectivity index (χ1v) is 10.8. The number of aryl methyl sites for hydroxylation is 2.